The molecule has 0 spiro atoms. The molecule has 2 N–H and O–H groups in total. The molecule has 0 aromatic heterocycles. The van der Waals surface area contributed by atoms with Crippen molar-refractivity contribution in [1.29, 1.82) is 0 Å². The number of nitrogens with two attached hydrogens (primary N) is 1. The highest BCUT2D eigenvalue weighted by Crippen LogP contribution is 2.30. The lowest BCUT2D eigenvalue weighted by Crippen LogP contribution is -2.47. The van der Waals surface area contributed by atoms with Crippen LogP contribution in [0.15, 0.2) is 24.3 Å². The van der Waals surface area contributed by atoms with Gasteiger partial charge in [0.15, 0.2) is 5.78 Å². The van der Waals surface area contributed by atoms with Gasteiger partial charge in [-0.25, -0.2) is 0 Å². The highest BCUT2D eigenvalue weighted by atomic mass is 19.4. The van der Waals surface area contributed by atoms with Gasteiger partial charge < -0.3 is 5.73 Å². The van der Waals surface area contributed by atoms with Crippen LogP contribution in [0.25, 0.3) is 0 Å². The Morgan fingerprint density at radius 2 is 1.79 bits per heavy atom. The molecule has 0 atom stereocenters. The summed E-state index contributed by atoms with van der Waals surface area (Å²) in [5.41, 5.74) is 4.59. The van der Waals surface area contributed by atoms with Crippen molar-refractivity contribution in [2.24, 2.45) is 5.73 Å². The molecule has 0 radical (unpaired) electrons. The van der Waals surface area contributed by atoms with E-state index < -0.39 is 17.3 Å². The largest absolute Gasteiger partial charge is 0.416 e. The molecule has 0 saturated heterocycles. The van der Waals surface area contributed by atoms with Crippen molar-refractivity contribution in [3.8, 4) is 0 Å². The normalized spacial score (nSPS) is 12.5. The lowest BCUT2D eigenvalue weighted by Gasteiger charge is -2.25. The fourth-order valence-electron chi connectivity index (χ4n) is 1.86. The fourth-order valence-corrected chi connectivity index (χ4v) is 1.86. The van der Waals surface area contributed by atoms with Gasteiger partial charge >= 0.3 is 6.18 Å². The minimum Gasteiger partial charge on any atom is -0.319 e. The molecular formula is C14H18F3NO. The summed E-state index contributed by atoms with van der Waals surface area (Å²) in [6.45, 7) is 3.60. The molecule has 106 valence electrons. The first-order valence-electron chi connectivity index (χ1n) is 6.21. The van der Waals surface area contributed by atoms with Crippen LogP contribution in [0.5, 0.6) is 0 Å². The highest BCUT2D eigenvalue weighted by molar-refractivity contribution is 5.89. The number of ketones is 1. The average molecular weight is 273 g/mol. The number of carbonyl (C=O) groups is 1. The Labute approximate surface area is 110 Å². The van der Waals surface area contributed by atoms with Crippen LogP contribution in [0.1, 0.15) is 37.8 Å². The van der Waals surface area contributed by atoms with Gasteiger partial charge in [0.05, 0.1) is 11.1 Å². The summed E-state index contributed by atoms with van der Waals surface area (Å²) in [4.78, 5) is 12.1. The van der Waals surface area contributed by atoms with Crippen molar-refractivity contribution in [1.82, 2.24) is 0 Å². The average Bonchev–Trinajstić information content (AvgIpc) is 2.37. The fraction of sp³-hybridized carbons (Fsp3) is 0.500. The molecule has 0 aliphatic heterocycles. The van der Waals surface area contributed by atoms with Crippen LogP contribution in [0, 0.1) is 0 Å². The van der Waals surface area contributed by atoms with Gasteiger partial charge in [-0.05, 0) is 24.5 Å². The Bertz CT molecular complexity index is 450. The smallest absolute Gasteiger partial charge is 0.319 e. The van der Waals surface area contributed by atoms with E-state index in [1.165, 1.54) is 12.1 Å². The van der Waals surface area contributed by atoms with E-state index in [-0.39, 0.29) is 12.2 Å². The standard InChI is InChI=1S/C14H18F3NO/c1-3-13(18,4-2)12(19)9-10-6-5-7-11(8-10)14(15,16)17/h5-8H,3-4,9,18H2,1-2H3. The predicted octanol–water partition coefficient (Wildman–Crippen LogP) is 3.33. The summed E-state index contributed by atoms with van der Waals surface area (Å²) in [5, 5.41) is 0. The maximum absolute atomic E-state index is 12.6. The maximum Gasteiger partial charge on any atom is 0.416 e. The summed E-state index contributed by atoms with van der Waals surface area (Å²) in [5.74, 6) is -0.225. The van der Waals surface area contributed by atoms with Gasteiger partial charge in [-0.1, -0.05) is 32.0 Å². The van der Waals surface area contributed by atoms with Gasteiger partial charge in [-0.15, -0.1) is 0 Å². The van der Waals surface area contributed by atoms with Crippen LogP contribution in [0.4, 0.5) is 13.2 Å². The van der Waals surface area contributed by atoms with E-state index in [1.54, 1.807) is 13.8 Å². The minimum absolute atomic E-state index is 0.0674. The molecule has 0 unspecified atom stereocenters. The lowest BCUT2D eigenvalue weighted by molar-refractivity contribution is -0.137. The summed E-state index contributed by atoms with van der Waals surface area (Å²) < 4.78 is 37.7. The van der Waals surface area contributed by atoms with Crippen molar-refractivity contribution in [2.75, 3.05) is 0 Å². The van der Waals surface area contributed by atoms with Crippen molar-refractivity contribution < 1.29 is 18.0 Å². The summed E-state index contributed by atoms with van der Waals surface area (Å²) in [6.07, 6.45) is -3.51. The van der Waals surface area contributed by atoms with E-state index in [4.69, 9.17) is 5.73 Å². The third kappa shape index (κ3) is 3.80. The van der Waals surface area contributed by atoms with E-state index in [2.05, 4.69) is 0 Å². The number of alkyl halides is 3. The van der Waals surface area contributed by atoms with E-state index in [1.807, 2.05) is 0 Å². The molecule has 2 nitrogen and oxygen atoms in total. The molecule has 0 amide bonds. The van der Waals surface area contributed by atoms with Gasteiger partial charge in [0.25, 0.3) is 0 Å². The SMILES string of the molecule is CCC(N)(CC)C(=O)Cc1cccc(C(F)(F)F)c1. The second-order valence-corrected chi connectivity index (χ2v) is 4.66. The van der Waals surface area contributed by atoms with Gasteiger partial charge in [0, 0.05) is 6.42 Å². The Balaban J connectivity index is 2.92. The first-order chi connectivity index (χ1) is 8.73. The van der Waals surface area contributed by atoms with Crippen molar-refractivity contribution in [2.45, 2.75) is 44.8 Å². The second kappa shape index (κ2) is 5.74. The number of carbonyl (C=O) groups excluding carboxylic acids is 1. The van der Waals surface area contributed by atoms with E-state index in [0.717, 1.165) is 12.1 Å². The topological polar surface area (TPSA) is 43.1 Å². The van der Waals surface area contributed by atoms with E-state index >= 15 is 0 Å². The molecule has 0 aliphatic rings. The van der Waals surface area contributed by atoms with E-state index in [9.17, 15) is 18.0 Å². The third-order valence-corrected chi connectivity index (χ3v) is 3.44. The predicted molar refractivity (Wildman–Crippen MR) is 67.7 cm³/mol. The Morgan fingerprint density at radius 3 is 2.26 bits per heavy atom. The molecule has 0 bridgehead atoms. The zero-order valence-electron chi connectivity index (χ0n) is 11.1. The molecule has 0 heterocycles. The molecule has 0 fully saturated rings. The van der Waals surface area contributed by atoms with Crippen LogP contribution in [-0.4, -0.2) is 11.3 Å². The Kier molecular flexibility index (Phi) is 4.74. The van der Waals surface area contributed by atoms with Crippen LogP contribution in [-0.2, 0) is 17.4 Å². The number of Topliss-reactive ketones (excluding diaryl/α,β-unsaturated/α-hetero) is 1. The molecule has 0 saturated carbocycles. The zero-order valence-corrected chi connectivity index (χ0v) is 11.1. The quantitative estimate of drug-likeness (QED) is 0.894. The van der Waals surface area contributed by atoms with Crippen molar-refractivity contribution in [3.63, 3.8) is 0 Å². The Morgan fingerprint density at radius 1 is 1.21 bits per heavy atom. The van der Waals surface area contributed by atoms with Crippen LogP contribution < -0.4 is 5.73 Å². The first kappa shape index (κ1) is 15.7. The third-order valence-electron chi connectivity index (χ3n) is 3.44. The van der Waals surface area contributed by atoms with E-state index in [0.29, 0.717) is 18.4 Å². The highest BCUT2D eigenvalue weighted by Gasteiger charge is 2.32. The molecule has 0 aliphatic carbocycles. The number of hydrogen-bond acceptors (Lipinski definition) is 2. The zero-order chi connectivity index (χ0) is 14.7. The van der Waals surface area contributed by atoms with Gasteiger partial charge in [0.2, 0.25) is 0 Å². The van der Waals surface area contributed by atoms with Gasteiger partial charge in [-0.3, -0.25) is 4.79 Å². The molecule has 1 aromatic rings. The summed E-state index contributed by atoms with van der Waals surface area (Å²) in [7, 11) is 0. The number of benzene rings is 1. The molecule has 1 rings (SSSR count). The second-order valence-electron chi connectivity index (χ2n) is 4.66. The maximum atomic E-state index is 12.6. The molecule has 5 heteroatoms. The van der Waals surface area contributed by atoms with Gasteiger partial charge in [-0.2, -0.15) is 13.2 Å². The lowest BCUT2D eigenvalue weighted by atomic mass is 9.86. The molecule has 19 heavy (non-hydrogen) atoms. The molecular weight excluding hydrogens is 255 g/mol. The monoisotopic (exact) mass is 273 g/mol. The van der Waals surface area contributed by atoms with Crippen LogP contribution in [0.2, 0.25) is 0 Å². The summed E-state index contributed by atoms with van der Waals surface area (Å²) in [6, 6.07) is 4.81. The number of halogens is 3. The minimum atomic E-state index is -4.39. The number of hydrogen-bond donors (Lipinski definition) is 1. The van der Waals surface area contributed by atoms with Crippen molar-refractivity contribution in [3.05, 3.63) is 35.4 Å². The van der Waals surface area contributed by atoms with Crippen LogP contribution in [0.3, 0.4) is 0 Å². The Hall–Kier alpha value is -1.36. The van der Waals surface area contributed by atoms with Crippen LogP contribution >= 0.6 is 0 Å². The summed E-state index contributed by atoms with van der Waals surface area (Å²) >= 11 is 0. The van der Waals surface area contributed by atoms with Crippen molar-refractivity contribution >= 4 is 5.78 Å². The number of rotatable bonds is 5. The van der Waals surface area contributed by atoms with Gasteiger partial charge in [0.1, 0.15) is 0 Å². The first-order valence-corrected chi connectivity index (χ1v) is 6.21. The molecule has 1 aromatic carbocycles.